The molecule has 1 aliphatic rings. The van der Waals surface area contributed by atoms with E-state index in [2.05, 4.69) is 5.32 Å². The molecule has 1 atom stereocenters. The van der Waals surface area contributed by atoms with Crippen molar-refractivity contribution in [2.75, 3.05) is 12.4 Å². The second kappa shape index (κ2) is 10.3. The van der Waals surface area contributed by atoms with E-state index in [9.17, 15) is 19.1 Å². The van der Waals surface area contributed by atoms with Crippen LogP contribution < -0.4 is 10.1 Å². The number of methoxy groups -OCH3 is 1. The van der Waals surface area contributed by atoms with Gasteiger partial charge < -0.3 is 19.9 Å². The van der Waals surface area contributed by atoms with Gasteiger partial charge in [-0.3, -0.25) is 4.79 Å². The number of aryl methyl sites for hydroxylation is 1. The largest absolute Gasteiger partial charge is 0.496 e. The van der Waals surface area contributed by atoms with Gasteiger partial charge in [0, 0.05) is 23.2 Å². The number of aliphatic hydroxyl groups is 1. The number of cyclic esters (lactones) is 1. The highest BCUT2D eigenvalue weighted by molar-refractivity contribution is 5.96. The number of nitrogens with one attached hydrogen (secondary N) is 1. The first-order valence-corrected chi connectivity index (χ1v) is 12.2. The van der Waals surface area contributed by atoms with Crippen molar-refractivity contribution < 1.29 is 28.6 Å². The molecule has 194 valence electrons. The highest BCUT2D eigenvalue weighted by atomic mass is 19.1. The summed E-state index contributed by atoms with van der Waals surface area (Å²) < 4.78 is 24.7. The van der Waals surface area contributed by atoms with Crippen molar-refractivity contribution >= 4 is 17.6 Å². The molecule has 0 aliphatic carbocycles. The van der Waals surface area contributed by atoms with Crippen molar-refractivity contribution in [3.05, 3.63) is 94.3 Å². The zero-order valence-corrected chi connectivity index (χ0v) is 21.6. The van der Waals surface area contributed by atoms with Crippen molar-refractivity contribution in [1.82, 2.24) is 0 Å². The molecule has 0 radical (unpaired) electrons. The molecule has 4 rings (SSSR count). The van der Waals surface area contributed by atoms with Gasteiger partial charge in [0.1, 0.15) is 18.2 Å². The third kappa shape index (κ3) is 6.00. The van der Waals surface area contributed by atoms with Crippen molar-refractivity contribution in [1.29, 1.82) is 0 Å². The fourth-order valence-electron chi connectivity index (χ4n) is 5.19. The minimum atomic E-state index is -1.45. The molecule has 0 spiro atoms. The number of fused-ring (bicyclic) bond motifs is 1. The zero-order chi connectivity index (χ0) is 26.8. The van der Waals surface area contributed by atoms with Crippen LogP contribution in [0.5, 0.6) is 5.75 Å². The minimum Gasteiger partial charge on any atom is -0.496 e. The number of benzene rings is 3. The Hall–Kier alpha value is -3.71. The standard InChI is InChI=1S/C30H32FNO5/c1-19-7-5-6-8-20(19)15-30(35,18-29(2,3)25-14-22(31)9-12-26(25)36-4)16-27(33)32-23-10-11-24-21(13-23)17-37-28(24)34/h5-14,35H,15-18H2,1-4H3,(H,32,33). The van der Waals surface area contributed by atoms with Crippen LogP contribution in [0.1, 0.15) is 59.3 Å². The highest BCUT2D eigenvalue weighted by Crippen LogP contribution is 2.40. The van der Waals surface area contributed by atoms with E-state index in [1.807, 2.05) is 45.0 Å². The molecule has 1 heterocycles. The van der Waals surface area contributed by atoms with Gasteiger partial charge in [0.25, 0.3) is 0 Å². The topological polar surface area (TPSA) is 84.9 Å². The molecule has 0 saturated heterocycles. The van der Waals surface area contributed by atoms with Crippen molar-refractivity contribution in [3.63, 3.8) is 0 Å². The lowest BCUT2D eigenvalue weighted by atomic mass is 9.71. The lowest BCUT2D eigenvalue weighted by molar-refractivity contribution is -0.121. The summed E-state index contributed by atoms with van der Waals surface area (Å²) in [6.07, 6.45) is 0.226. The van der Waals surface area contributed by atoms with Crippen LogP contribution in [0.3, 0.4) is 0 Å². The summed E-state index contributed by atoms with van der Waals surface area (Å²) in [5.41, 5.74) is 2.08. The fraction of sp³-hybridized carbons (Fsp3) is 0.333. The number of anilines is 1. The Kier molecular flexibility index (Phi) is 7.37. The number of carbonyl (C=O) groups excluding carboxylic acids is 2. The average molecular weight is 506 g/mol. The molecule has 6 nitrogen and oxygen atoms in total. The molecule has 37 heavy (non-hydrogen) atoms. The summed E-state index contributed by atoms with van der Waals surface area (Å²) in [4.78, 5) is 24.9. The van der Waals surface area contributed by atoms with Gasteiger partial charge in [-0.25, -0.2) is 9.18 Å². The molecule has 3 aromatic rings. The third-order valence-electron chi connectivity index (χ3n) is 6.90. The first-order chi connectivity index (χ1) is 17.5. The molecule has 1 amide bonds. The Bertz CT molecular complexity index is 1340. The monoisotopic (exact) mass is 505 g/mol. The number of ether oxygens (including phenoxy) is 2. The fourth-order valence-corrected chi connectivity index (χ4v) is 5.19. The van der Waals surface area contributed by atoms with Gasteiger partial charge in [0.15, 0.2) is 0 Å². The lowest BCUT2D eigenvalue weighted by Gasteiger charge is -2.37. The van der Waals surface area contributed by atoms with Crippen molar-refractivity contribution in [3.8, 4) is 5.75 Å². The Morgan fingerprint density at radius 2 is 1.89 bits per heavy atom. The predicted octanol–water partition coefficient (Wildman–Crippen LogP) is 5.48. The summed E-state index contributed by atoms with van der Waals surface area (Å²) in [5.74, 6) is -0.633. The Morgan fingerprint density at radius 1 is 1.14 bits per heavy atom. The lowest BCUT2D eigenvalue weighted by Crippen LogP contribution is -2.42. The minimum absolute atomic E-state index is 0.165. The van der Waals surface area contributed by atoms with Crippen LogP contribution in [-0.4, -0.2) is 29.7 Å². The van der Waals surface area contributed by atoms with Gasteiger partial charge in [-0.15, -0.1) is 0 Å². The molecule has 0 bridgehead atoms. The summed E-state index contributed by atoms with van der Waals surface area (Å²) >= 11 is 0. The summed E-state index contributed by atoms with van der Waals surface area (Å²) in [7, 11) is 1.52. The number of hydrogen-bond acceptors (Lipinski definition) is 5. The number of hydrogen-bond donors (Lipinski definition) is 2. The second-order valence-corrected chi connectivity index (χ2v) is 10.4. The summed E-state index contributed by atoms with van der Waals surface area (Å²) in [6.45, 7) is 5.94. The maximum Gasteiger partial charge on any atom is 0.338 e. The van der Waals surface area contributed by atoms with Crippen LogP contribution in [0.4, 0.5) is 10.1 Å². The Morgan fingerprint density at radius 3 is 2.62 bits per heavy atom. The van der Waals surface area contributed by atoms with Crippen molar-refractivity contribution in [2.24, 2.45) is 0 Å². The van der Waals surface area contributed by atoms with Crippen LogP contribution in [-0.2, 0) is 28.0 Å². The van der Waals surface area contributed by atoms with Crippen LogP contribution in [0.2, 0.25) is 0 Å². The smallest absolute Gasteiger partial charge is 0.338 e. The van der Waals surface area contributed by atoms with Crippen LogP contribution in [0, 0.1) is 12.7 Å². The Balaban J connectivity index is 1.61. The molecule has 2 N–H and O–H groups in total. The molecule has 7 heteroatoms. The number of rotatable bonds is 9. The van der Waals surface area contributed by atoms with Gasteiger partial charge in [-0.2, -0.15) is 0 Å². The molecular weight excluding hydrogens is 473 g/mol. The van der Waals surface area contributed by atoms with Gasteiger partial charge >= 0.3 is 5.97 Å². The molecule has 1 aliphatic heterocycles. The van der Waals surface area contributed by atoms with E-state index in [0.29, 0.717) is 28.1 Å². The first-order valence-electron chi connectivity index (χ1n) is 12.2. The van der Waals surface area contributed by atoms with Gasteiger partial charge in [0.2, 0.25) is 5.91 Å². The van der Waals surface area contributed by atoms with Gasteiger partial charge in [-0.1, -0.05) is 38.1 Å². The first kappa shape index (κ1) is 26.4. The molecule has 0 saturated carbocycles. The average Bonchev–Trinajstić information content (AvgIpc) is 3.19. The van der Waals surface area contributed by atoms with E-state index in [0.717, 1.165) is 11.1 Å². The third-order valence-corrected chi connectivity index (χ3v) is 6.90. The molecule has 0 fully saturated rings. The van der Waals surface area contributed by atoms with Gasteiger partial charge in [0.05, 0.1) is 24.7 Å². The maximum absolute atomic E-state index is 14.2. The second-order valence-electron chi connectivity index (χ2n) is 10.4. The van der Waals surface area contributed by atoms with Crippen molar-refractivity contribution in [2.45, 2.75) is 57.7 Å². The van der Waals surface area contributed by atoms with E-state index < -0.39 is 16.8 Å². The quantitative estimate of drug-likeness (QED) is 0.376. The Labute approximate surface area is 216 Å². The number of halogens is 1. The van der Waals surface area contributed by atoms with E-state index in [4.69, 9.17) is 9.47 Å². The summed E-state index contributed by atoms with van der Waals surface area (Å²) in [6, 6.07) is 17.0. The molecule has 3 aromatic carbocycles. The van der Waals surface area contributed by atoms with E-state index in [-0.39, 0.29) is 37.7 Å². The number of carbonyl (C=O) groups is 2. The van der Waals surface area contributed by atoms with E-state index >= 15 is 0 Å². The van der Waals surface area contributed by atoms with Crippen LogP contribution in [0.15, 0.2) is 60.7 Å². The highest BCUT2D eigenvalue weighted by Gasteiger charge is 2.39. The SMILES string of the molecule is COc1ccc(F)cc1C(C)(C)CC(O)(CC(=O)Nc1ccc2c(c1)COC2=O)Cc1ccccc1C. The van der Waals surface area contributed by atoms with E-state index in [1.165, 1.54) is 19.2 Å². The van der Waals surface area contributed by atoms with Gasteiger partial charge in [-0.05, 0) is 66.3 Å². The van der Waals surface area contributed by atoms with Crippen LogP contribution in [0.25, 0.3) is 0 Å². The normalized spacial score (nSPS) is 14.5. The molecule has 0 aromatic heterocycles. The van der Waals surface area contributed by atoms with Crippen LogP contribution >= 0.6 is 0 Å². The number of esters is 1. The molecular formula is C30H32FNO5. The number of amides is 1. The zero-order valence-electron chi connectivity index (χ0n) is 21.6. The van der Waals surface area contributed by atoms with E-state index in [1.54, 1.807) is 24.3 Å². The predicted molar refractivity (Wildman–Crippen MR) is 139 cm³/mol. The summed E-state index contributed by atoms with van der Waals surface area (Å²) in [5, 5.41) is 14.8. The molecule has 1 unspecified atom stereocenters. The maximum atomic E-state index is 14.2.